The number of hydrogen-bond acceptors (Lipinski definition) is 2. The van der Waals surface area contributed by atoms with Crippen molar-refractivity contribution in [3.8, 4) is 0 Å². The monoisotopic (exact) mass is 521 g/mol. The average Bonchev–Trinajstić information content (AvgIpc) is 2.96. The quantitative estimate of drug-likeness (QED) is 0.220. The lowest BCUT2D eigenvalue weighted by molar-refractivity contribution is -0.116. The summed E-state index contributed by atoms with van der Waals surface area (Å²) < 4.78 is 6.02. The summed E-state index contributed by atoms with van der Waals surface area (Å²) in [4.78, 5) is 11.3. The Morgan fingerprint density at radius 3 is 2.21 bits per heavy atom. The standard InChI is InChI=1S/C35H55NO2/c1-4-6-7-8-27-9-11-28(12-10-27)29-13-15-30(16-14-29)32-19-22-34(26(3)25-32)31-17-20-33(21-18-31)38-24-23-36-35(37)5-2/h5,19,22,25,27-31,33H,2,4,6-18,20-21,23-24H2,1,3H3,(H,36,37). The van der Waals surface area contributed by atoms with Gasteiger partial charge in [-0.25, -0.2) is 0 Å². The molecule has 3 nitrogen and oxygen atoms in total. The molecule has 4 rings (SSSR count). The van der Waals surface area contributed by atoms with Gasteiger partial charge < -0.3 is 10.1 Å². The van der Waals surface area contributed by atoms with E-state index in [-0.39, 0.29) is 5.91 Å². The van der Waals surface area contributed by atoms with Crippen LogP contribution in [-0.2, 0) is 9.53 Å². The molecule has 0 atom stereocenters. The first-order valence-corrected chi connectivity index (χ1v) is 16.2. The lowest BCUT2D eigenvalue weighted by Gasteiger charge is -2.38. The molecule has 3 fully saturated rings. The van der Waals surface area contributed by atoms with Crippen LogP contribution in [0.2, 0.25) is 0 Å². The minimum absolute atomic E-state index is 0.125. The largest absolute Gasteiger partial charge is 0.376 e. The number of nitrogens with one attached hydrogen (secondary N) is 1. The first kappa shape index (κ1) is 29.4. The zero-order chi connectivity index (χ0) is 26.7. The topological polar surface area (TPSA) is 38.3 Å². The van der Waals surface area contributed by atoms with Gasteiger partial charge in [-0.15, -0.1) is 0 Å². The molecule has 3 aliphatic rings. The summed E-state index contributed by atoms with van der Waals surface area (Å²) in [7, 11) is 0. The van der Waals surface area contributed by atoms with E-state index in [0.717, 1.165) is 36.5 Å². The SMILES string of the molecule is C=CC(=O)NCCOC1CCC(c2ccc(C3CCC(C4CCC(CCCCC)CC4)CC3)cc2C)CC1. The summed E-state index contributed by atoms with van der Waals surface area (Å²) in [6.45, 7) is 9.30. The lowest BCUT2D eigenvalue weighted by atomic mass is 9.67. The van der Waals surface area contributed by atoms with Crippen molar-refractivity contribution in [1.82, 2.24) is 5.32 Å². The third kappa shape index (κ3) is 8.44. The Balaban J connectivity index is 1.17. The molecule has 1 amide bonds. The predicted molar refractivity (Wildman–Crippen MR) is 160 cm³/mol. The number of rotatable bonds is 12. The van der Waals surface area contributed by atoms with Gasteiger partial charge in [-0.05, 0) is 123 Å². The van der Waals surface area contributed by atoms with E-state index in [0.29, 0.717) is 25.2 Å². The van der Waals surface area contributed by atoms with Crippen molar-refractivity contribution in [2.45, 2.75) is 135 Å². The van der Waals surface area contributed by atoms with Gasteiger partial charge >= 0.3 is 0 Å². The maximum Gasteiger partial charge on any atom is 0.243 e. The van der Waals surface area contributed by atoms with Crippen molar-refractivity contribution < 1.29 is 9.53 Å². The molecule has 0 unspecified atom stereocenters. The summed E-state index contributed by atoms with van der Waals surface area (Å²) in [5.74, 6) is 4.37. The molecule has 1 aromatic rings. The van der Waals surface area contributed by atoms with E-state index in [1.165, 1.54) is 102 Å². The first-order chi connectivity index (χ1) is 18.6. The number of unbranched alkanes of at least 4 members (excludes halogenated alkanes) is 2. The van der Waals surface area contributed by atoms with E-state index in [9.17, 15) is 4.79 Å². The van der Waals surface area contributed by atoms with Crippen LogP contribution >= 0.6 is 0 Å². The Kier molecular flexibility index (Phi) is 11.8. The highest BCUT2D eigenvalue weighted by Crippen LogP contribution is 2.45. The molecule has 0 spiro atoms. The number of hydrogen-bond donors (Lipinski definition) is 1. The number of benzene rings is 1. The van der Waals surface area contributed by atoms with Crippen LogP contribution in [0.4, 0.5) is 0 Å². The molecule has 0 radical (unpaired) electrons. The summed E-state index contributed by atoms with van der Waals surface area (Å²) in [5.41, 5.74) is 4.67. The van der Waals surface area contributed by atoms with Crippen LogP contribution in [0.3, 0.4) is 0 Å². The maximum absolute atomic E-state index is 11.3. The van der Waals surface area contributed by atoms with Crippen LogP contribution in [0.25, 0.3) is 0 Å². The van der Waals surface area contributed by atoms with Crippen LogP contribution in [0, 0.1) is 24.7 Å². The van der Waals surface area contributed by atoms with Crippen molar-refractivity contribution in [2.75, 3.05) is 13.2 Å². The highest BCUT2D eigenvalue weighted by molar-refractivity contribution is 5.86. The maximum atomic E-state index is 11.3. The summed E-state index contributed by atoms with van der Waals surface area (Å²) >= 11 is 0. The van der Waals surface area contributed by atoms with E-state index >= 15 is 0 Å². The average molecular weight is 522 g/mol. The highest BCUT2D eigenvalue weighted by Gasteiger charge is 2.31. The molecule has 212 valence electrons. The van der Waals surface area contributed by atoms with Crippen LogP contribution in [0.1, 0.15) is 138 Å². The molecule has 3 heteroatoms. The second kappa shape index (κ2) is 15.2. The predicted octanol–water partition coefficient (Wildman–Crippen LogP) is 9.00. The molecular weight excluding hydrogens is 466 g/mol. The fourth-order valence-electron chi connectivity index (χ4n) is 7.98. The molecule has 1 N–H and O–H groups in total. The van der Waals surface area contributed by atoms with Crippen molar-refractivity contribution in [1.29, 1.82) is 0 Å². The van der Waals surface area contributed by atoms with E-state index in [2.05, 4.69) is 43.9 Å². The molecule has 3 aliphatic carbocycles. The van der Waals surface area contributed by atoms with Gasteiger partial charge in [0.25, 0.3) is 0 Å². The molecule has 1 aromatic carbocycles. The van der Waals surface area contributed by atoms with Crippen molar-refractivity contribution in [3.63, 3.8) is 0 Å². The number of amides is 1. The summed E-state index contributed by atoms with van der Waals surface area (Å²) in [6.07, 6.45) is 23.8. The van der Waals surface area contributed by atoms with E-state index in [1.807, 2.05) is 0 Å². The molecular formula is C35H55NO2. The third-order valence-electron chi connectivity index (χ3n) is 10.4. The third-order valence-corrected chi connectivity index (χ3v) is 10.4. The Hall–Kier alpha value is -1.61. The Bertz CT molecular complexity index is 855. The zero-order valence-corrected chi connectivity index (χ0v) is 24.5. The molecule has 38 heavy (non-hydrogen) atoms. The second-order valence-electron chi connectivity index (χ2n) is 12.8. The molecule has 0 aromatic heterocycles. The van der Waals surface area contributed by atoms with Crippen LogP contribution in [0.5, 0.6) is 0 Å². The fourth-order valence-corrected chi connectivity index (χ4v) is 7.98. The van der Waals surface area contributed by atoms with Gasteiger partial charge in [-0.2, -0.15) is 0 Å². The number of carbonyl (C=O) groups is 1. The van der Waals surface area contributed by atoms with Gasteiger partial charge in [-0.1, -0.05) is 70.2 Å². The van der Waals surface area contributed by atoms with Crippen LogP contribution < -0.4 is 5.32 Å². The zero-order valence-electron chi connectivity index (χ0n) is 24.5. The van der Waals surface area contributed by atoms with E-state index in [1.54, 1.807) is 11.1 Å². The molecule has 0 bridgehead atoms. The first-order valence-electron chi connectivity index (χ1n) is 16.2. The molecule has 0 heterocycles. The van der Waals surface area contributed by atoms with Gasteiger partial charge in [0.15, 0.2) is 0 Å². The van der Waals surface area contributed by atoms with Crippen LogP contribution in [-0.4, -0.2) is 25.2 Å². The minimum Gasteiger partial charge on any atom is -0.376 e. The molecule has 0 aliphatic heterocycles. The normalized spacial score (nSPS) is 30.1. The number of carbonyl (C=O) groups excluding carboxylic acids is 1. The molecule has 3 saturated carbocycles. The number of ether oxygens (including phenoxy) is 1. The second-order valence-corrected chi connectivity index (χ2v) is 12.8. The lowest BCUT2D eigenvalue weighted by Crippen LogP contribution is -2.28. The van der Waals surface area contributed by atoms with Crippen molar-refractivity contribution in [2.24, 2.45) is 17.8 Å². The Morgan fingerprint density at radius 1 is 0.921 bits per heavy atom. The van der Waals surface area contributed by atoms with Gasteiger partial charge in [0.1, 0.15) is 0 Å². The van der Waals surface area contributed by atoms with Crippen molar-refractivity contribution >= 4 is 5.91 Å². The van der Waals surface area contributed by atoms with Crippen LogP contribution in [0.15, 0.2) is 30.9 Å². The number of aryl methyl sites for hydroxylation is 1. The summed E-state index contributed by atoms with van der Waals surface area (Å²) in [5, 5.41) is 2.79. The van der Waals surface area contributed by atoms with E-state index < -0.39 is 0 Å². The van der Waals surface area contributed by atoms with Gasteiger partial charge in [0, 0.05) is 6.54 Å². The molecule has 0 saturated heterocycles. The van der Waals surface area contributed by atoms with Gasteiger partial charge in [0.2, 0.25) is 5.91 Å². The van der Waals surface area contributed by atoms with E-state index in [4.69, 9.17) is 4.74 Å². The van der Waals surface area contributed by atoms with Gasteiger partial charge in [0.05, 0.1) is 12.7 Å². The minimum atomic E-state index is -0.125. The summed E-state index contributed by atoms with van der Waals surface area (Å²) in [6, 6.07) is 7.47. The van der Waals surface area contributed by atoms with Crippen molar-refractivity contribution in [3.05, 3.63) is 47.5 Å². The van der Waals surface area contributed by atoms with Gasteiger partial charge in [-0.3, -0.25) is 4.79 Å². The highest BCUT2D eigenvalue weighted by atomic mass is 16.5. The Morgan fingerprint density at radius 2 is 1.58 bits per heavy atom. The Labute approximate surface area is 233 Å². The smallest absolute Gasteiger partial charge is 0.243 e. The fraction of sp³-hybridized carbons (Fsp3) is 0.743.